The predicted molar refractivity (Wildman–Crippen MR) is 99.3 cm³/mol. The van der Waals surface area contributed by atoms with Gasteiger partial charge in [0.15, 0.2) is 10.9 Å². The predicted octanol–water partition coefficient (Wildman–Crippen LogP) is 3.16. The van der Waals surface area contributed by atoms with Crippen LogP contribution in [0.1, 0.15) is 51.7 Å². The fourth-order valence-electron chi connectivity index (χ4n) is 2.68. The van der Waals surface area contributed by atoms with E-state index >= 15 is 0 Å². The number of nitrogens with zero attached hydrogens (tertiary/aromatic N) is 2. The number of ketones is 1. The second kappa shape index (κ2) is 7.44. The molecule has 1 N–H and O–H groups in total. The van der Waals surface area contributed by atoms with E-state index in [1.807, 2.05) is 36.7 Å². The van der Waals surface area contributed by atoms with E-state index in [-0.39, 0.29) is 18.1 Å². The number of hydrogen-bond donors (Lipinski definition) is 1. The molecule has 1 saturated carbocycles. The molecule has 1 aliphatic carbocycles. The summed E-state index contributed by atoms with van der Waals surface area (Å²) in [4.78, 5) is 29.3. The zero-order valence-electron chi connectivity index (χ0n) is 14.8. The van der Waals surface area contributed by atoms with Crippen LogP contribution in [-0.4, -0.2) is 33.0 Å². The third kappa shape index (κ3) is 4.12. The monoisotopic (exact) mass is 357 g/mol. The van der Waals surface area contributed by atoms with Crippen molar-refractivity contribution in [2.45, 2.75) is 44.3 Å². The first-order valence-corrected chi connectivity index (χ1v) is 9.56. The Labute approximate surface area is 152 Å². The van der Waals surface area contributed by atoms with Gasteiger partial charge in [-0.15, -0.1) is 0 Å². The maximum atomic E-state index is 12.7. The third-order valence-electron chi connectivity index (χ3n) is 4.38. The lowest BCUT2D eigenvalue weighted by molar-refractivity contribution is 0.0947. The Morgan fingerprint density at radius 2 is 2.12 bits per heavy atom. The van der Waals surface area contributed by atoms with Gasteiger partial charge in [-0.3, -0.25) is 9.59 Å². The number of Topliss-reactive ketones (excluding diaryl/α,β-unsaturated/α-hetero) is 1. The number of imidazole rings is 1. The topological polar surface area (TPSA) is 64.0 Å². The molecule has 1 amide bonds. The molecule has 0 spiro atoms. The molecule has 1 aromatic carbocycles. The first-order valence-electron chi connectivity index (χ1n) is 8.57. The quantitative estimate of drug-likeness (QED) is 0.611. The highest BCUT2D eigenvalue weighted by Crippen LogP contribution is 2.21. The highest BCUT2D eigenvalue weighted by molar-refractivity contribution is 7.99. The molecule has 0 bridgehead atoms. The van der Waals surface area contributed by atoms with Gasteiger partial charge in [0, 0.05) is 25.1 Å². The Kier molecular flexibility index (Phi) is 5.27. The van der Waals surface area contributed by atoms with Crippen molar-refractivity contribution in [1.82, 2.24) is 14.9 Å². The zero-order chi connectivity index (χ0) is 18.0. The van der Waals surface area contributed by atoms with E-state index < -0.39 is 0 Å². The Morgan fingerprint density at radius 3 is 2.80 bits per heavy atom. The van der Waals surface area contributed by atoms with Crippen LogP contribution in [0.2, 0.25) is 0 Å². The maximum Gasteiger partial charge on any atom is 0.251 e. The standard InChI is InChI=1S/C19H23N3O2S/c1-4-25-19-20-11-16(22(19)3)17(23)10-14-9-13(6-5-12(14)2)18(24)21-15-7-8-15/h5-6,9,11,15H,4,7-8,10H2,1-3H3,(H,21,24). The van der Waals surface area contributed by atoms with Gasteiger partial charge in [0.1, 0.15) is 5.69 Å². The molecule has 25 heavy (non-hydrogen) atoms. The van der Waals surface area contributed by atoms with E-state index in [1.165, 1.54) is 0 Å². The average Bonchev–Trinajstić information content (AvgIpc) is 3.32. The number of aromatic nitrogens is 2. The summed E-state index contributed by atoms with van der Waals surface area (Å²) in [5.74, 6) is 0.870. The number of hydrogen-bond acceptors (Lipinski definition) is 4. The fourth-order valence-corrected chi connectivity index (χ4v) is 3.36. The fraction of sp³-hybridized carbons (Fsp3) is 0.421. The second-order valence-corrected chi connectivity index (χ2v) is 7.64. The molecule has 1 aromatic heterocycles. The van der Waals surface area contributed by atoms with E-state index in [0.29, 0.717) is 17.3 Å². The van der Waals surface area contributed by atoms with Crippen molar-refractivity contribution >= 4 is 23.5 Å². The molecule has 132 valence electrons. The van der Waals surface area contributed by atoms with E-state index in [4.69, 9.17) is 0 Å². The van der Waals surface area contributed by atoms with Crippen LogP contribution in [0.4, 0.5) is 0 Å². The summed E-state index contributed by atoms with van der Waals surface area (Å²) >= 11 is 1.61. The number of carbonyl (C=O) groups is 2. The average molecular weight is 357 g/mol. The van der Waals surface area contributed by atoms with Gasteiger partial charge in [0.25, 0.3) is 5.91 Å². The van der Waals surface area contributed by atoms with Crippen molar-refractivity contribution < 1.29 is 9.59 Å². The van der Waals surface area contributed by atoms with Gasteiger partial charge < -0.3 is 9.88 Å². The van der Waals surface area contributed by atoms with E-state index in [9.17, 15) is 9.59 Å². The van der Waals surface area contributed by atoms with Gasteiger partial charge in [0.05, 0.1) is 6.20 Å². The van der Waals surface area contributed by atoms with Gasteiger partial charge in [0.2, 0.25) is 0 Å². The number of rotatable bonds is 7. The van der Waals surface area contributed by atoms with Crippen LogP contribution in [0.3, 0.4) is 0 Å². The number of nitrogens with one attached hydrogen (secondary N) is 1. The highest BCUT2D eigenvalue weighted by Gasteiger charge is 2.24. The molecule has 6 heteroatoms. The highest BCUT2D eigenvalue weighted by atomic mass is 32.2. The zero-order valence-corrected chi connectivity index (χ0v) is 15.7. The molecule has 0 saturated heterocycles. The Hall–Kier alpha value is -2.08. The van der Waals surface area contributed by atoms with Crippen molar-refractivity contribution in [1.29, 1.82) is 0 Å². The minimum Gasteiger partial charge on any atom is -0.349 e. The minimum atomic E-state index is -0.0571. The largest absolute Gasteiger partial charge is 0.349 e. The third-order valence-corrected chi connectivity index (χ3v) is 5.31. The SMILES string of the molecule is CCSc1ncc(C(=O)Cc2cc(C(=O)NC3CC3)ccc2C)n1C. The lowest BCUT2D eigenvalue weighted by Crippen LogP contribution is -2.25. The molecular weight excluding hydrogens is 334 g/mol. The molecule has 1 heterocycles. The molecule has 1 aliphatic rings. The molecule has 3 rings (SSSR count). The lowest BCUT2D eigenvalue weighted by atomic mass is 9.99. The molecule has 1 fully saturated rings. The summed E-state index contributed by atoms with van der Waals surface area (Å²) in [7, 11) is 1.87. The Balaban J connectivity index is 1.77. The van der Waals surface area contributed by atoms with Crippen molar-refractivity contribution in [3.05, 3.63) is 46.8 Å². The smallest absolute Gasteiger partial charge is 0.251 e. The van der Waals surface area contributed by atoms with Crippen LogP contribution in [0.25, 0.3) is 0 Å². The number of benzene rings is 1. The van der Waals surface area contributed by atoms with Gasteiger partial charge in [-0.2, -0.15) is 0 Å². The number of amides is 1. The molecule has 0 unspecified atom stereocenters. The second-order valence-electron chi connectivity index (χ2n) is 6.41. The molecular formula is C19H23N3O2S. The van der Waals surface area contributed by atoms with Crippen molar-refractivity contribution in [2.24, 2.45) is 7.05 Å². The molecule has 2 aromatic rings. The van der Waals surface area contributed by atoms with Gasteiger partial charge in [-0.1, -0.05) is 24.8 Å². The lowest BCUT2D eigenvalue weighted by Gasteiger charge is -2.10. The summed E-state index contributed by atoms with van der Waals surface area (Å²) in [6, 6.07) is 5.89. The summed E-state index contributed by atoms with van der Waals surface area (Å²) in [5, 5.41) is 3.83. The van der Waals surface area contributed by atoms with Crippen LogP contribution in [0, 0.1) is 6.92 Å². The number of carbonyl (C=O) groups excluding carboxylic acids is 2. The number of aryl methyl sites for hydroxylation is 1. The van der Waals surface area contributed by atoms with Gasteiger partial charge >= 0.3 is 0 Å². The van der Waals surface area contributed by atoms with Crippen LogP contribution >= 0.6 is 11.8 Å². The molecule has 5 nitrogen and oxygen atoms in total. The molecule has 0 aliphatic heterocycles. The maximum absolute atomic E-state index is 12.7. The summed E-state index contributed by atoms with van der Waals surface area (Å²) in [6.07, 6.45) is 4.02. The first-order chi connectivity index (χ1) is 12.0. The first kappa shape index (κ1) is 17.7. The van der Waals surface area contributed by atoms with Crippen molar-refractivity contribution in [2.75, 3.05) is 5.75 Å². The molecule has 0 atom stereocenters. The van der Waals surface area contributed by atoms with Gasteiger partial charge in [-0.25, -0.2) is 4.98 Å². The van der Waals surface area contributed by atoms with Gasteiger partial charge in [-0.05, 0) is 48.8 Å². The van der Waals surface area contributed by atoms with Crippen molar-refractivity contribution in [3.8, 4) is 0 Å². The Bertz CT molecular complexity index is 809. The summed E-state index contributed by atoms with van der Waals surface area (Å²) in [5.41, 5.74) is 3.12. The number of thioether (sulfide) groups is 1. The normalized spacial score (nSPS) is 13.7. The van der Waals surface area contributed by atoms with Crippen LogP contribution in [-0.2, 0) is 13.5 Å². The minimum absolute atomic E-state index is 0.0146. The molecule has 0 radical (unpaired) electrons. The van der Waals surface area contributed by atoms with Crippen LogP contribution < -0.4 is 5.32 Å². The van der Waals surface area contributed by atoms with Crippen molar-refractivity contribution in [3.63, 3.8) is 0 Å². The van der Waals surface area contributed by atoms with E-state index in [1.54, 1.807) is 18.0 Å². The van der Waals surface area contributed by atoms with E-state index in [2.05, 4.69) is 17.2 Å². The van der Waals surface area contributed by atoms with Crippen LogP contribution in [0.15, 0.2) is 29.6 Å². The van der Waals surface area contributed by atoms with E-state index in [0.717, 1.165) is 34.9 Å². The summed E-state index contributed by atoms with van der Waals surface area (Å²) < 4.78 is 1.84. The Morgan fingerprint density at radius 1 is 1.36 bits per heavy atom. The summed E-state index contributed by atoms with van der Waals surface area (Å²) in [6.45, 7) is 4.02. The van der Waals surface area contributed by atoms with Crippen LogP contribution in [0.5, 0.6) is 0 Å².